The van der Waals surface area contributed by atoms with E-state index >= 15 is 0 Å². The number of nitrogens with zero attached hydrogens (tertiary/aromatic N) is 2. The summed E-state index contributed by atoms with van der Waals surface area (Å²) in [6.07, 6.45) is 5.45. The largest absolute Gasteiger partial charge is 0.492 e. The summed E-state index contributed by atoms with van der Waals surface area (Å²) in [5.74, 6) is 1.96. The minimum atomic E-state index is -0.251. The standard InChI is InChI=1S/C20H28FN3O2.HI/c1-22-19(24(2)11-13-25-15-6-4-14(21)5-7-15)23-17-16-8-12-26-18(16)20(17)9-3-10-20;/h4-7,16-18H,3,8-13H2,1-2H3,(H,22,23);1H. The summed E-state index contributed by atoms with van der Waals surface area (Å²) in [6.45, 7) is 2.13. The quantitative estimate of drug-likeness (QED) is 0.392. The van der Waals surface area contributed by atoms with Crippen LogP contribution in [0.2, 0.25) is 0 Å². The van der Waals surface area contributed by atoms with Gasteiger partial charge in [0.1, 0.15) is 18.2 Å². The Morgan fingerprint density at radius 2 is 2.11 bits per heavy atom. The lowest BCUT2D eigenvalue weighted by Gasteiger charge is -2.63. The fourth-order valence-corrected chi connectivity index (χ4v) is 4.88. The number of hydrogen-bond donors (Lipinski definition) is 1. The molecule has 3 atom stereocenters. The van der Waals surface area contributed by atoms with Gasteiger partial charge in [-0.15, -0.1) is 24.0 Å². The fourth-order valence-electron chi connectivity index (χ4n) is 4.88. The number of aliphatic imine (C=N–C) groups is 1. The predicted octanol–water partition coefficient (Wildman–Crippen LogP) is 3.29. The predicted molar refractivity (Wildman–Crippen MR) is 114 cm³/mol. The van der Waals surface area contributed by atoms with Gasteiger partial charge in [0.05, 0.1) is 12.6 Å². The maximum absolute atomic E-state index is 12.9. The molecule has 1 N–H and O–H groups in total. The first-order valence-corrected chi connectivity index (χ1v) is 9.58. The number of guanidine groups is 1. The molecule has 2 aliphatic carbocycles. The molecular weight excluding hydrogens is 460 g/mol. The topological polar surface area (TPSA) is 46.1 Å². The van der Waals surface area contributed by atoms with Gasteiger partial charge in [0, 0.05) is 38.1 Å². The molecule has 1 aliphatic heterocycles. The average molecular weight is 489 g/mol. The van der Waals surface area contributed by atoms with Crippen LogP contribution >= 0.6 is 24.0 Å². The van der Waals surface area contributed by atoms with Crippen molar-refractivity contribution in [1.29, 1.82) is 0 Å². The molecule has 1 spiro atoms. The molecule has 150 valence electrons. The van der Waals surface area contributed by atoms with Gasteiger partial charge < -0.3 is 19.7 Å². The van der Waals surface area contributed by atoms with Crippen LogP contribution < -0.4 is 10.1 Å². The Hall–Kier alpha value is -1.09. The number of ether oxygens (including phenoxy) is 2. The molecule has 0 aromatic heterocycles. The highest BCUT2D eigenvalue weighted by atomic mass is 127. The molecule has 1 aromatic carbocycles. The van der Waals surface area contributed by atoms with E-state index in [0.29, 0.717) is 42.4 Å². The van der Waals surface area contributed by atoms with Gasteiger partial charge in [0.2, 0.25) is 0 Å². The first kappa shape index (κ1) is 20.6. The fraction of sp³-hybridized carbons (Fsp3) is 0.650. The van der Waals surface area contributed by atoms with Crippen LogP contribution in [0.5, 0.6) is 5.75 Å². The van der Waals surface area contributed by atoms with E-state index in [0.717, 1.165) is 19.0 Å². The van der Waals surface area contributed by atoms with Gasteiger partial charge in [0.25, 0.3) is 0 Å². The van der Waals surface area contributed by atoms with Crippen LogP contribution in [0, 0.1) is 17.2 Å². The third kappa shape index (κ3) is 3.77. The van der Waals surface area contributed by atoms with Crippen LogP contribution in [0.3, 0.4) is 0 Å². The molecule has 2 saturated carbocycles. The van der Waals surface area contributed by atoms with Crippen LogP contribution in [0.25, 0.3) is 0 Å². The van der Waals surface area contributed by atoms with E-state index in [9.17, 15) is 4.39 Å². The zero-order valence-electron chi connectivity index (χ0n) is 16.0. The number of hydrogen-bond acceptors (Lipinski definition) is 3. The Morgan fingerprint density at radius 1 is 1.37 bits per heavy atom. The molecule has 1 saturated heterocycles. The maximum Gasteiger partial charge on any atom is 0.193 e. The van der Waals surface area contributed by atoms with Gasteiger partial charge in [-0.1, -0.05) is 6.42 Å². The van der Waals surface area contributed by atoms with E-state index in [-0.39, 0.29) is 29.8 Å². The summed E-state index contributed by atoms with van der Waals surface area (Å²) in [5, 5.41) is 3.71. The molecule has 0 bridgehead atoms. The van der Waals surface area contributed by atoms with Crippen molar-refractivity contribution >= 4 is 29.9 Å². The molecular formula is C20H29FIN3O2. The normalized spacial score (nSPS) is 27.8. The Balaban J connectivity index is 0.00000210. The first-order chi connectivity index (χ1) is 12.6. The van der Waals surface area contributed by atoms with Crippen molar-refractivity contribution in [1.82, 2.24) is 10.2 Å². The lowest BCUT2D eigenvalue weighted by molar-refractivity contribution is -0.171. The van der Waals surface area contributed by atoms with Crippen molar-refractivity contribution in [3.63, 3.8) is 0 Å². The first-order valence-electron chi connectivity index (χ1n) is 9.58. The van der Waals surface area contributed by atoms with E-state index in [2.05, 4.69) is 15.2 Å². The van der Waals surface area contributed by atoms with Gasteiger partial charge in [0.15, 0.2) is 5.96 Å². The van der Waals surface area contributed by atoms with Crippen LogP contribution in [0.4, 0.5) is 4.39 Å². The highest BCUT2D eigenvalue weighted by Crippen LogP contribution is 2.62. The second-order valence-corrected chi connectivity index (χ2v) is 7.72. The van der Waals surface area contributed by atoms with Crippen LogP contribution in [-0.2, 0) is 4.74 Å². The number of halogens is 2. The maximum atomic E-state index is 12.9. The van der Waals surface area contributed by atoms with Gasteiger partial charge in [-0.3, -0.25) is 4.99 Å². The van der Waals surface area contributed by atoms with Crippen LogP contribution in [0.15, 0.2) is 29.3 Å². The Labute approximate surface area is 177 Å². The highest BCUT2D eigenvalue weighted by molar-refractivity contribution is 14.0. The molecule has 5 nitrogen and oxygen atoms in total. The van der Waals surface area contributed by atoms with Gasteiger partial charge in [-0.05, 0) is 43.5 Å². The second kappa shape index (κ2) is 8.51. The zero-order valence-corrected chi connectivity index (χ0v) is 18.3. The summed E-state index contributed by atoms with van der Waals surface area (Å²) in [5.41, 5.74) is 0.336. The van der Waals surface area contributed by atoms with Gasteiger partial charge in [-0.25, -0.2) is 4.39 Å². The van der Waals surface area contributed by atoms with Crippen molar-refractivity contribution in [2.75, 3.05) is 33.9 Å². The van der Waals surface area contributed by atoms with Gasteiger partial charge in [-0.2, -0.15) is 0 Å². The van der Waals surface area contributed by atoms with Crippen molar-refractivity contribution < 1.29 is 13.9 Å². The smallest absolute Gasteiger partial charge is 0.193 e. The molecule has 0 radical (unpaired) electrons. The minimum absolute atomic E-state index is 0. The summed E-state index contributed by atoms with van der Waals surface area (Å²) in [6, 6.07) is 6.60. The lowest BCUT2D eigenvalue weighted by Crippen LogP contribution is -2.72. The summed E-state index contributed by atoms with van der Waals surface area (Å²) in [7, 11) is 3.85. The van der Waals surface area contributed by atoms with E-state index in [1.165, 1.54) is 31.4 Å². The molecule has 3 fully saturated rings. The number of rotatable bonds is 5. The molecule has 4 rings (SSSR count). The SMILES string of the molecule is CN=C(NC1C2CCOC2C12CCC2)N(C)CCOc1ccc(F)cc1.I. The molecule has 3 unspecified atom stereocenters. The summed E-state index contributed by atoms with van der Waals surface area (Å²) < 4.78 is 24.6. The van der Waals surface area contributed by atoms with Crippen molar-refractivity contribution in [3.05, 3.63) is 30.1 Å². The highest BCUT2D eigenvalue weighted by Gasteiger charge is 2.66. The second-order valence-electron chi connectivity index (χ2n) is 7.72. The number of likely N-dealkylation sites (N-methyl/N-ethyl adjacent to an activating group) is 1. The molecule has 27 heavy (non-hydrogen) atoms. The molecule has 0 amide bonds. The minimum Gasteiger partial charge on any atom is -0.492 e. The summed E-state index contributed by atoms with van der Waals surface area (Å²) >= 11 is 0. The lowest BCUT2D eigenvalue weighted by atomic mass is 9.46. The summed E-state index contributed by atoms with van der Waals surface area (Å²) in [4.78, 5) is 6.57. The van der Waals surface area contributed by atoms with Crippen molar-refractivity contribution in [2.24, 2.45) is 16.3 Å². The Kier molecular flexibility index (Phi) is 6.50. The Bertz CT molecular complexity index is 666. The average Bonchev–Trinajstić information content (AvgIpc) is 3.01. The van der Waals surface area contributed by atoms with Crippen molar-refractivity contribution in [3.8, 4) is 5.75 Å². The van der Waals surface area contributed by atoms with E-state index in [1.807, 2.05) is 14.1 Å². The number of nitrogens with one attached hydrogen (secondary N) is 1. The monoisotopic (exact) mass is 489 g/mol. The van der Waals surface area contributed by atoms with Crippen LogP contribution in [0.1, 0.15) is 25.7 Å². The van der Waals surface area contributed by atoms with E-state index in [1.54, 1.807) is 12.1 Å². The number of fused-ring (bicyclic) bond motifs is 2. The molecule has 1 aromatic rings. The zero-order chi connectivity index (χ0) is 18.1. The van der Waals surface area contributed by atoms with Crippen molar-refractivity contribution in [2.45, 2.75) is 37.8 Å². The Morgan fingerprint density at radius 3 is 2.74 bits per heavy atom. The third-order valence-corrected chi connectivity index (χ3v) is 6.40. The van der Waals surface area contributed by atoms with Gasteiger partial charge >= 0.3 is 0 Å². The van der Waals surface area contributed by atoms with Crippen LogP contribution in [-0.4, -0.2) is 56.9 Å². The van der Waals surface area contributed by atoms with E-state index < -0.39 is 0 Å². The van der Waals surface area contributed by atoms with E-state index in [4.69, 9.17) is 9.47 Å². The third-order valence-electron chi connectivity index (χ3n) is 6.40. The molecule has 3 aliphatic rings. The molecule has 7 heteroatoms. The number of benzene rings is 1. The molecule has 1 heterocycles.